The van der Waals surface area contributed by atoms with Crippen LogP contribution in [0.25, 0.3) is 0 Å². The van der Waals surface area contributed by atoms with Crippen molar-refractivity contribution in [1.82, 2.24) is 30.2 Å². The number of imide groups is 2. The van der Waals surface area contributed by atoms with Gasteiger partial charge in [-0.3, -0.25) is 29.2 Å². The van der Waals surface area contributed by atoms with Crippen LogP contribution in [0.4, 0.5) is 9.59 Å². The molecule has 4 saturated heterocycles. The van der Waals surface area contributed by atoms with E-state index in [-0.39, 0.29) is 60.0 Å². The molecule has 4 fully saturated rings. The number of carbonyl (C=O) groups is 6. The van der Waals surface area contributed by atoms with Crippen molar-refractivity contribution in [3.8, 4) is 0 Å². The molecule has 8 unspecified atom stereocenters. The smallest absolute Gasteiger partial charge is 0.325 e. The van der Waals surface area contributed by atoms with E-state index < -0.39 is 69.0 Å². The molecule has 6 amide bonds. The molecule has 4 heterocycles. The van der Waals surface area contributed by atoms with Gasteiger partial charge in [-0.1, -0.05) is 53.7 Å². The molecular weight excluding hydrogens is 716 g/mol. The SMILES string of the molecule is CCC1(C)CC2(NC(=O)N(CCc3c(C(=O)[O-])ccc(C(=O)[O-])c3CCN3C(=O)NC4(CC(C)(CC)N(C)C(C)(CC)C4C)C3=O)C2=O)C(C)C(C)(CC)N1C. The third-order valence-corrected chi connectivity index (χ3v) is 16.2. The normalized spacial score (nSPS) is 36.5. The van der Waals surface area contributed by atoms with Crippen LogP contribution in [0.5, 0.6) is 0 Å². The number of aromatic carboxylic acids is 2. The molecule has 0 aliphatic carbocycles. The Labute approximate surface area is 331 Å². The summed E-state index contributed by atoms with van der Waals surface area (Å²) in [5.41, 5.74) is -4.68. The third kappa shape index (κ3) is 6.03. The fourth-order valence-electron chi connectivity index (χ4n) is 11.0. The summed E-state index contributed by atoms with van der Waals surface area (Å²) in [6, 6.07) is 1.02. The van der Waals surface area contributed by atoms with Crippen molar-refractivity contribution >= 4 is 35.8 Å². The Morgan fingerprint density at radius 1 is 0.643 bits per heavy atom. The molecule has 5 rings (SSSR count). The van der Waals surface area contributed by atoms with Gasteiger partial charge in [0.1, 0.15) is 11.1 Å². The van der Waals surface area contributed by atoms with Crippen LogP contribution in [-0.2, 0) is 22.4 Å². The van der Waals surface area contributed by atoms with Crippen molar-refractivity contribution in [2.45, 2.75) is 154 Å². The summed E-state index contributed by atoms with van der Waals surface area (Å²) in [5.74, 6) is -4.55. The molecule has 56 heavy (non-hydrogen) atoms. The maximum absolute atomic E-state index is 14.5. The van der Waals surface area contributed by atoms with E-state index in [0.29, 0.717) is 12.8 Å². The average molecular weight is 779 g/mol. The number of carboxylic acid groups (broad SMARTS) is 2. The van der Waals surface area contributed by atoms with Gasteiger partial charge in [-0.05, 0) is 104 Å². The number of urea groups is 2. The number of rotatable bonds is 12. The summed E-state index contributed by atoms with van der Waals surface area (Å²) >= 11 is 0. The van der Waals surface area contributed by atoms with Crippen molar-refractivity contribution in [2.24, 2.45) is 11.8 Å². The van der Waals surface area contributed by atoms with E-state index in [9.17, 15) is 39.0 Å². The molecule has 14 heteroatoms. The van der Waals surface area contributed by atoms with Gasteiger partial charge in [-0.15, -0.1) is 0 Å². The molecule has 1 aromatic rings. The van der Waals surface area contributed by atoms with Crippen molar-refractivity contribution in [2.75, 3.05) is 27.2 Å². The highest BCUT2D eigenvalue weighted by Gasteiger charge is 2.67. The summed E-state index contributed by atoms with van der Waals surface area (Å²) < 4.78 is 0. The molecule has 2 spiro atoms. The van der Waals surface area contributed by atoms with Crippen LogP contribution in [0.15, 0.2) is 12.1 Å². The lowest BCUT2D eigenvalue weighted by Gasteiger charge is -2.62. The first-order valence-electron chi connectivity index (χ1n) is 20.3. The summed E-state index contributed by atoms with van der Waals surface area (Å²) in [6.45, 7) is 20.1. The number of piperidine rings is 2. The zero-order valence-corrected chi connectivity index (χ0v) is 35.4. The Morgan fingerprint density at radius 3 is 1.23 bits per heavy atom. The maximum Gasteiger partial charge on any atom is 0.325 e. The van der Waals surface area contributed by atoms with Crippen molar-refractivity contribution in [3.63, 3.8) is 0 Å². The van der Waals surface area contributed by atoms with Gasteiger partial charge in [-0.2, -0.15) is 0 Å². The fourth-order valence-corrected chi connectivity index (χ4v) is 11.0. The fraction of sp³-hybridized carbons (Fsp3) is 0.714. The highest BCUT2D eigenvalue weighted by molar-refractivity contribution is 6.08. The molecule has 1 aromatic carbocycles. The van der Waals surface area contributed by atoms with Gasteiger partial charge in [0.25, 0.3) is 11.8 Å². The molecule has 0 bridgehead atoms. The van der Waals surface area contributed by atoms with E-state index in [1.54, 1.807) is 0 Å². The van der Waals surface area contributed by atoms with Gasteiger partial charge >= 0.3 is 12.1 Å². The number of carboxylic acids is 2. The Bertz CT molecular complexity index is 1710. The molecule has 4 aliphatic rings. The number of carbonyl (C=O) groups excluding carboxylic acids is 6. The van der Waals surface area contributed by atoms with Gasteiger partial charge in [0, 0.05) is 58.2 Å². The molecule has 0 saturated carbocycles. The minimum Gasteiger partial charge on any atom is -0.545 e. The van der Waals surface area contributed by atoms with Crippen molar-refractivity contribution < 1.29 is 39.0 Å². The summed E-state index contributed by atoms with van der Waals surface area (Å²) in [7, 11) is 4.11. The first-order valence-corrected chi connectivity index (χ1v) is 20.3. The number of likely N-dealkylation sites (tertiary alicyclic amines) is 2. The largest absolute Gasteiger partial charge is 0.545 e. The summed E-state index contributed by atoms with van der Waals surface area (Å²) in [6.07, 6.45) is 3.24. The molecule has 310 valence electrons. The molecule has 8 atom stereocenters. The number of hydrogen-bond acceptors (Lipinski definition) is 10. The quantitative estimate of drug-likeness (QED) is 0.299. The number of amides is 6. The monoisotopic (exact) mass is 778 g/mol. The number of hydrogen-bond donors (Lipinski definition) is 2. The van der Waals surface area contributed by atoms with Crippen molar-refractivity contribution in [3.05, 3.63) is 34.4 Å². The molecule has 14 nitrogen and oxygen atoms in total. The predicted octanol–water partition coefficient (Wildman–Crippen LogP) is 2.70. The summed E-state index contributed by atoms with van der Waals surface area (Å²) in [5, 5.41) is 31.2. The third-order valence-electron chi connectivity index (χ3n) is 16.2. The van der Waals surface area contributed by atoms with E-state index in [2.05, 4.69) is 89.9 Å². The van der Waals surface area contributed by atoms with Crippen LogP contribution in [-0.4, -0.2) is 116 Å². The Morgan fingerprint density at radius 2 is 0.964 bits per heavy atom. The average Bonchev–Trinajstić information content (AvgIpc) is 3.54. The number of nitrogens with zero attached hydrogens (tertiary/aromatic N) is 4. The predicted molar refractivity (Wildman–Crippen MR) is 206 cm³/mol. The Hall–Kier alpha value is -4.04. The molecular formula is C42H62N6O8-2. The highest BCUT2D eigenvalue weighted by atomic mass is 16.4. The minimum absolute atomic E-state index is 0.0352. The number of benzene rings is 1. The van der Waals surface area contributed by atoms with E-state index in [1.807, 2.05) is 13.8 Å². The van der Waals surface area contributed by atoms with E-state index in [4.69, 9.17) is 0 Å². The van der Waals surface area contributed by atoms with Gasteiger partial charge in [0.2, 0.25) is 0 Å². The second kappa shape index (κ2) is 14.4. The van der Waals surface area contributed by atoms with Crippen LogP contribution in [0.1, 0.15) is 140 Å². The first kappa shape index (κ1) is 43.1. The van der Waals surface area contributed by atoms with Crippen LogP contribution in [0.2, 0.25) is 0 Å². The molecule has 0 radical (unpaired) electrons. The zero-order chi connectivity index (χ0) is 42.1. The zero-order valence-electron chi connectivity index (χ0n) is 35.4. The van der Waals surface area contributed by atoms with Crippen molar-refractivity contribution in [1.29, 1.82) is 0 Å². The van der Waals surface area contributed by atoms with Crippen LogP contribution >= 0.6 is 0 Å². The van der Waals surface area contributed by atoms with E-state index in [1.165, 1.54) is 0 Å². The molecule has 2 N–H and O–H groups in total. The first-order chi connectivity index (χ1) is 25.9. The maximum atomic E-state index is 14.5. The lowest BCUT2D eigenvalue weighted by Crippen LogP contribution is -2.74. The standard InChI is InChI=1S/C42H64N6O8/c1-13-37(7)23-41(25(5)39(9,15-3)45(37)11)33(53)47(35(55)43-41)21-19-27-28(30(32(51)52)18-17-29(27)31(49)50)20-22-48-34(54)42(44-36(48)56)24-38(8,14-2)46(12)40(10,16-4)26(42)6/h17-18,25-26H,13-16,19-24H2,1-12H3,(H,43,55)(H,44,56)(H,49,50)(H,51,52)/p-2. The topological polar surface area (TPSA) is 186 Å². The lowest BCUT2D eigenvalue weighted by atomic mass is 9.60. The van der Waals surface area contributed by atoms with Gasteiger partial charge in [0.15, 0.2) is 0 Å². The number of nitrogens with one attached hydrogen (secondary N) is 2. The van der Waals surface area contributed by atoms with E-state index >= 15 is 0 Å². The second-order valence-electron chi connectivity index (χ2n) is 17.9. The van der Waals surface area contributed by atoms with E-state index in [0.717, 1.165) is 47.6 Å². The lowest BCUT2D eigenvalue weighted by molar-refractivity contribution is -0.256. The molecule has 0 aromatic heterocycles. The second-order valence-corrected chi connectivity index (χ2v) is 17.9. The highest BCUT2D eigenvalue weighted by Crippen LogP contribution is 2.53. The molecule has 4 aliphatic heterocycles. The Kier molecular flexibility index (Phi) is 11.1. The van der Waals surface area contributed by atoms with Crippen LogP contribution < -0.4 is 20.8 Å². The minimum atomic E-state index is -1.58. The Balaban J connectivity index is 1.48. The van der Waals surface area contributed by atoms with Crippen LogP contribution in [0.3, 0.4) is 0 Å². The van der Waals surface area contributed by atoms with Gasteiger partial charge in [0.05, 0.1) is 11.9 Å². The van der Waals surface area contributed by atoms with Gasteiger partial charge < -0.3 is 30.4 Å². The van der Waals surface area contributed by atoms with Crippen LogP contribution in [0, 0.1) is 11.8 Å². The van der Waals surface area contributed by atoms with Gasteiger partial charge in [-0.25, -0.2) is 9.59 Å². The summed E-state index contributed by atoms with van der Waals surface area (Å²) in [4.78, 5) is 88.4.